The first-order chi connectivity index (χ1) is 13.1. The van der Waals surface area contributed by atoms with Crippen LogP contribution in [0.2, 0.25) is 0 Å². The highest BCUT2D eigenvalue weighted by Crippen LogP contribution is 2.30. The highest BCUT2D eigenvalue weighted by atomic mass is 32.1. The van der Waals surface area contributed by atoms with Gasteiger partial charge >= 0.3 is 5.69 Å². The molecule has 1 atom stereocenters. The molecule has 0 spiro atoms. The number of nitrogens with zero attached hydrogens (tertiary/aromatic N) is 1. The number of fused-ring (bicyclic) bond motifs is 1. The summed E-state index contributed by atoms with van der Waals surface area (Å²) in [6, 6.07) is 11.3. The zero-order chi connectivity index (χ0) is 18.8. The average molecular weight is 381 g/mol. The van der Waals surface area contributed by atoms with Crippen LogP contribution in [0.5, 0.6) is 0 Å². The molecule has 1 amide bonds. The third kappa shape index (κ3) is 3.78. The van der Waals surface area contributed by atoms with Crippen molar-refractivity contribution in [3.05, 3.63) is 90.4 Å². The van der Waals surface area contributed by atoms with Crippen LogP contribution in [0.1, 0.15) is 34.0 Å². The Morgan fingerprint density at radius 1 is 1.19 bits per heavy atom. The molecule has 3 aromatic rings. The van der Waals surface area contributed by atoms with E-state index in [0.717, 1.165) is 23.3 Å². The molecule has 2 aromatic heterocycles. The number of aryl methyl sites for hydroxylation is 2. The Morgan fingerprint density at radius 3 is 2.81 bits per heavy atom. The van der Waals surface area contributed by atoms with E-state index in [1.807, 2.05) is 17.5 Å². The maximum absolute atomic E-state index is 12.6. The van der Waals surface area contributed by atoms with Crippen LogP contribution in [0.25, 0.3) is 0 Å². The number of nitrogens with one attached hydrogen (secondary N) is 2. The van der Waals surface area contributed by atoms with Crippen LogP contribution in [0, 0.1) is 0 Å². The summed E-state index contributed by atoms with van der Waals surface area (Å²) in [6.07, 6.45) is 4.68. The van der Waals surface area contributed by atoms with Gasteiger partial charge < -0.3 is 5.32 Å². The Morgan fingerprint density at radius 2 is 2.04 bits per heavy atom. The Balaban J connectivity index is 1.59. The van der Waals surface area contributed by atoms with E-state index < -0.39 is 11.2 Å². The highest BCUT2D eigenvalue weighted by molar-refractivity contribution is 7.10. The smallest absolute Gasteiger partial charge is 0.328 e. The highest BCUT2D eigenvalue weighted by Gasteiger charge is 2.20. The summed E-state index contributed by atoms with van der Waals surface area (Å²) in [5.41, 5.74) is 2.70. The number of carbonyl (C=O) groups is 1. The van der Waals surface area contributed by atoms with E-state index in [2.05, 4.69) is 28.5 Å². The number of amides is 1. The van der Waals surface area contributed by atoms with Crippen LogP contribution in [-0.4, -0.2) is 15.5 Å². The van der Waals surface area contributed by atoms with Gasteiger partial charge in [0.1, 0.15) is 6.54 Å². The fourth-order valence-electron chi connectivity index (χ4n) is 3.48. The van der Waals surface area contributed by atoms with Gasteiger partial charge in [-0.1, -0.05) is 24.3 Å². The number of rotatable bonds is 5. The number of H-pyrrole nitrogens is 1. The predicted molar refractivity (Wildman–Crippen MR) is 104 cm³/mol. The van der Waals surface area contributed by atoms with Crippen molar-refractivity contribution in [2.45, 2.75) is 31.8 Å². The molecular weight excluding hydrogens is 362 g/mol. The summed E-state index contributed by atoms with van der Waals surface area (Å²) in [5.74, 6) is -0.289. The first kappa shape index (κ1) is 17.5. The van der Waals surface area contributed by atoms with Crippen molar-refractivity contribution >= 4 is 17.2 Å². The SMILES string of the molecule is O=C(Cn1ccc(=O)[nH]c1=O)N[C@H](c1ccc2c(c1)CCC2)c1cccs1. The first-order valence-electron chi connectivity index (χ1n) is 8.84. The lowest BCUT2D eigenvalue weighted by Crippen LogP contribution is -2.37. The lowest BCUT2D eigenvalue weighted by atomic mass is 10.00. The second kappa shape index (κ2) is 7.36. The van der Waals surface area contributed by atoms with E-state index in [4.69, 9.17) is 0 Å². The number of thiophene rings is 1. The van der Waals surface area contributed by atoms with Crippen LogP contribution >= 0.6 is 11.3 Å². The third-order valence-corrected chi connectivity index (χ3v) is 5.74. The molecule has 1 aliphatic rings. The molecule has 0 radical (unpaired) electrons. The van der Waals surface area contributed by atoms with Gasteiger partial charge in [-0.15, -0.1) is 11.3 Å². The number of aromatic nitrogens is 2. The number of hydrogen-bond donors (Lipinski definition) is 2. The van der Waals surface area contributed by atoms with Crippen LogP contribution in [0.15, 0.2) is 57.6 Å². The Bertz CT molecular complexity index is 1080. The molecule has 7 heteroatoms. The van der Waals surface area contributed by atoms with Crippen molar-refractivity contribution in [3.63, 3.8) is 0 Å². The molecule has 138 valence electrons. The van der Waals surface area contributed by atoms with Crippen LogP contribution < -0.4 is 16.6 Å². The fourth-order valence-corrected chi connectivity index (χ4v) is 4.28. The summed E-state index contributed by atoms with van der Waals surface area (Å²) in [7, 11) is 0. The minimum atomic E-state index is -0.595. The first-order valence-corrected chi connectivity index (χ1v) is 9.72. The Labute approximate surface area is 159 Å². The van der Waals surface area contributed by atoms with Crippen molar-refractivity contribution in [1.82, 2.24) is 14.9 Å². The van der Waals surface area contributed by atoms with Gasteiger partial charge in [-0.3, -0.25) is 19.1 Å². The molecule has 2 N–H and O–H groups in total. The molecule has 6 nitrogen and oxygen atoms in total. The average Bonchev–Trinajstić information content (AvgIpc) is 3.33. The van der Waals surface area contributed by atoms with E-state index in [1.54, 1.807) is 11.3 Å². The molecule has 27 heavy (non-hydrogen) atoms. The zero-order valence-electron chi connectivity index (χ0n) is 14.6. The molecule has 0 aliphatic heterocycles. The van der Waals surface area contributed by atoms with Gasteiger partial charge in [-0.05, 0) is 47.4 Å². The minimum Gasteiger partial charge on any atom is -0.343 e. The Kier molecular flexibility index (Phi) is 4.77. The van der Waals surface area contributed by atoms with E-state index in [1.165, 1.54) is 34.4 Å². The predicted octanol–water partition coefficient (Wildman–Crippen LogP) is 1.99. The van der Waals surface area contributed by atoms with Crippen molar-refractivity contribution in [2.75, 3.05) is 0 Å². The second-order valence-corrected chi connectivity index (χ2v) is 7.61. The van der Waals surface area contributed by atoms with Gasteiger partial charge in [0, 0.05) is 17.1 Å². The lowest BCUT2D eigenvalue weighted by Gasteiger charge is -2.19. The van der Waals surface area contributed by atoms with E-state index >= 15 is 0 Å². The largest absolute Gasteiger partial charge is 0.343 e. The van der Waals surface area contributed by atoms with Gasteiger partial charge in [-0.2, -0.15) is 0 Å². The molecule has 0 saturated heterocycles. The molecular formula is C20H19N3O3S. The number of hydrogen-bond acceptors (Lipinski definition) is 4. The molecule has 1 aliphatic carbocycles. The van der Waals surface area contributed by atoms with Crippen LogP contribution in [0.4, 0.5) is 0 Å². The molecule has 0 unspecified atom stereocenters. The third-order valence-electron chi connectivity index (χ3n) is 4.80. The maximum atomic E-state index is 12.6. The van der Waals surface area contributed by atoms with Crippen LogP contribution in [-0.2, 0) is 24.2 Å². The molecule has 2 heterocycles. The van der Waals surface area contributed by atoms with Crippen molar-refractivity contribution in [1.29, 1.82) is 0 Å². The van der Waals surface area contributed by atoms with Gasteiger partial charge in [-0.25, -0.2) is 4.79 Å². The number of benzene rings is 1. The monoisotopic (exact) mass is 381 g/mol. The summed E-state index contributed by atoms with van der Waals surface area (Å²) < 4.78 is 1.19. The maximum Gasteiger partial charge on any atom is 0.328 e. The summed E-state index contributed by atoms with van der Waals surface area (Å²) >= 11 is 1.58. The molecule has 0 saturated carbocycles. The molecule has 0 bridgehead atoms. The normalized spacial score (nSPS) is 13.9. The Hall–Kier alpha value is -2.93. The van der Waals surface area contributed by atoms with Crippen LogP contribution in [0.3, 0.4) is 0 Å². The molecule has 0 fully saturated rings. The standard InChI is InChI=1S/C20H19N3O3S/c24-17-8-9-23(20(26)22-17)12-18(25)21-19(16-5-2-10-27-16)15-7-6-13-3-1-4-14(13)11-15/h2,5-11,19H,1,3-4,12H2,(H,21,25)(H,22,24,26)/t19-/m1/s1. The minimum absolute atomic E-state index is 0.150. The van der Waals surface area contributed by atoms with E-state index in [9.17, 15) is 14.4 Å². The van der Waals surface area contributed by atoms with Gasteiger partial charge in [0.05, 0.1) is 6.04 Å². The number of carbonyl (C=O) groups excluding carboxylic acids is 1. The zero-order valence-corrected chi connectivity index (χ0v) is 15.4. The second-order valence-electron chi connectivity index (χ2n) is 6.64. The topological polar surface area (TPSA) is 84.0 Å². The fraction of sp³-hybridized carbons (Fsp3) is 0.250. The van der Waals surface area contributed by atoms with Gasteiger partial charge in [0.25, 0.3) is 5.56 Å². The van der Waals surface area contributed by atoms with E-state index in [-0.39, 0.29) is 18.5 Å². The molecule has 1 aromatic carbocycles. The van der Waals surface area contributed by atoms with E-state index in [0.29, 0.717) is 0 Å². The molecule has 4 rings (SSSR count). The number of aromatic amines is 1. The summed E-state index contributed by atoms with van der Waals surface area (Å²) in [6.45, 7) is -0.150. The lowest BCUT2D eigenvalue weighted by molar-refractivity contribution is -0.122. The van der Waals surface area contributed by atoms with Gasteiger partial charge in [0.15, 0.2) is 0 Å². The van der Waals surface area contributed by atoms with Crippen molar-refractivity contribution in [3.8, 4) is 0 Å². The van der Waals surface area contributed by atoms with Gasteiger partial charge in [0.2, 0.25) is 5.91 Å². The van der Waals surface area contributed by atoms with Crippen molar-refractivity contribution in [2.24, 2.45) is 0 Å². The quantitative estimate of drug-likeness (QED) is 0.709. The van der Waals surface area contributed by atoms with Crippen molar-refractivity contribution < 1.29 is 4.79 Å². The summed E-state index contributed by atoms with van der Waals surface area (Å²) in [4.78, 5) is 38.8. The summed E-state index contributed by atoms with van der Waals surface area (Å²) in [5, 5.41) is 5.02.